The average molecular weight is 1530 g/mol. The SMILES string of the molecule is ClCc1nccn1C1CCCO1.Clc1cc(I)cc(CBr)c1.Fc1ccc(OCc2ncc[nH]2)cc1.Fc1ccc(OCc2nccn2C2CCCO2)cc1.Fc1ccc(OCc2nccn2Cc2cc(Cl)cc(I)c2)cc1.Oc1ccc(F)cc1. The lowest BCUT2D eigenvalue weighted by atomic mass is 10.2. The number of halogens is 10. The summed E-state index contributed by atoms with van der Waals surface area (Å²) in [5.41, 5.74) is 2.32. The molecule has 24 heteroatoms. The van der Waals surface area contributed by atoms with Crippen molar-refractivity contribution in [2.75, 3.05) is 13.2 Å². The maximum Gasteiger partial charge on any atom is 0.148 e. The molecule has 2 fully saturated rings. The van der Waals surface area contributed by atoms with Crippen molar-refractivity contribution in [3.05, 3.63) is 258 Å². The van der Waals surface area contributed by atoms with Gasteiger partial charge >= 0.3 is 0 Å². The number of phenolic OH excluding ortho intramolecular Hbond substituents is 1. The van der Waals surface area contributed by atoms with Crippen LogP contribution in [0.1, 0.15) is 72.6 Å². The molecule has 6 heterocycles. The van der Waals surface area contributed by atoms with Gasteiger partial charge in [-0.1, -0.05) is 39.1 Å². The summed E-state index contributed by atoms with van der Waals surface area (Å²) in [5, 5.41) is 11.0. The predicted molar refractivity (Wildman–Crippen MR) is 344 cm³/mol. The van der Waals surface area contributed by atoms with Crippen LogP contribution < -0.4 is 14.2 Å². The third-order valence-corrected chi connectivity index (χ3v) is 14.7. The van der Waals surface area contributed by atoms with E-state index >= 15 is 0 Å². The highest BCUT2D eigenvalue weighted by Gasteiger charge is 2.21. The van der Waals surface area contributed by atoms with E-state index in [0.29, 0.717) is 49.5 Å². The zero-order valence-corrected chi connectivity index (χ0v) is 54.0. The van der Waals surface area contributed by atoms with Crippen molar-refractivity contribution in [3.63, 3.8) is 0 Å². The number of ether oxygens (including phenoxy) is 5. The molecule has 14 nitrogen and oxygen atoms in total. The lowest BCUT2D eigenvalue weighted by Gasteiger charge is -2.15. The quantitative estimate of drug-likeness (QED) is 0.0577. The Hall–Kier alpha value is -6.19. The van der Waals surface area contributed by atoms with E-state index in [1.165, 1.54) is 69.8 Å². The van der Waals surface area contributed by atoms with Crippen molar-refractivity contribution in [2.45, 2.75) is 75.7 Å². The van der Waals surface area contributed by atoms with Gasteiger partial charge in [-0.15, -0.1) is 11.6 Å². The normalized spacial score (nSPS) is 13.9. The van der Waals surface area contributed by atoms with E-state index < -0.39 is 0 Å². The summed E-state index contributed by atoms with van der Waals surface area (Å²) >= 11 is 25.5. The number of nitrogens with one attached hydrogen (secondary N) is 1. The minimum atomic E-state index is -0.331. The molecule has 12 rings (SSSR count). The standard InChI is InChI=1S/C17H13ClFIN2O.C14H15FN2O2.C10H9FN2O.C8H11ClN2O.C7H5BrClI.C6H5FO/c18-13-7-12(8-15(20)9-13)10-22-6-5-21-17(22)11-23-16-3-1-14(19)2-4-16;15-11-3-5-12(6-4-11)19-10-13-16-7-8-17(13)14-2-1-9-18-14;11-8-1-3-9(4-2-8)14-7-10-12-5-6-13-10;9-6-7-10-3-4-11(7)8-2-1-5-12-8;8-4-5-1-6(9)3-7(10)2-5;7-5-1-3-6(8)4-2-5/h1-9H,10-11H2;3-8,14H,1-2,9-10H2;1-6H,7H2,(H,12,13);3-4,8H,1-2,5-6H2;1-3H,4H2;1-4,8H. The number of hydrogen-bond donors (Lipinski definition) is 2. The second-order valence-electron chi connectivity index (χ2n) is 18.5. The van der Waals surface area contributed by atoms with Gasteiger partial charge in [0.2, 0.25) is 0 Å². The molecule has 2 aliphatic rings. The Balaban J connectivity index is 0.000000153. The molecule has 6 aromatic carbocycles. The number of alkyl halides is 2. The molecule has 0 amide bonds. The van der Waals surface area contributed by atoms with E-state index in [4.69, 9.17) is 63.6 Å². The zero-order valence-electron chi connectivity index (χ0n) is 45.9. The van der Waals surface area contributed by atoms with Gasteiger partial charge in [0.1, 0.15) is 102 Å². The van der Waals surface area contributed by atoms with E-state index in [1.54, 1.807) is 67.4 Å². The molecular weight excluding hydrogens is 1470 g/mol. The summed E-state index contributed by atoms with van der Waals surface area (Å²) < 4.78 is 86.2. The fourth-order valence-corrected chi connectivity index (χ4v) is 10.9. The van der Waals surface area contributed by atoms with Crippen LogP contribution in [0.15, 0.2) is 183 Å². The molecule has 4 aromatic heterocycles. The summed E-state index contributed by atoms with van der Waals surface area (Å²) in [6.07, 6.45) is 18.8. The fourth-order valence-electron chi connectivity index (χ4n) is 8.06. The number of H-pyrrole nitrogens is 1. The second kappa shape index (κ2) is 36.2. The first-order chi connectivity index (χ1) is 41.7. The summed E-state index contributed by atoms with van der Waals surface area (Å²) in [7, 11) is 0. The second-order valence-corrected chi connectivity index (χ2v) is 22.7. The molecule has 2 N–H and O–H groups in total. The van der Waals surface area contributed by atoms with Crippen molar-refractivity contribution in [3.8, 4) is 23.0 Å². The van der Waals surface area contributed by atoms with Gasteiger partial charge in [0, 0.05) is 91.8 Å². The van der Waals surface area contributed by atoms with Gasteiger partial charge in [-0.25, -0.2) is 37.5 Å². The Labute approximate surface area is 546 Å². The average Bonchev–Trinajstić information content (AvgIpc) is 4.51. The topological polar surface area (TPSA) is 149 Å². The maximum absolute atomic E-state index is 12.9. The summed E-state index contributed by atoms with van der Waals surface area (Å²) in [6, 6.07) is 34.7. The van der Waals surface area contributed by atoms with Crippen molar-refractivity contribution < 1.29 is 46.4 Å². The van der Waals surface area contributed by atoms with E-state index in [9.17, 15) is 17.6 Å². The fraction of sp³-hybridized carbons (Fsp3) is 0.226. The maximum atomic E-state index is 12.9. The van der Waals surface area contributed by atoms with E-state index in [0.717, 1.165) is 86.7 Å². The Bertz CT molecular complexity index is 3480. The largest absolute Gasteiger partial charge is 0.508 e. The van der Waals surface area contributed by atoms with Crippen LogP contribution in [0.4, 0.5) is 17.6 Å². The molecule has 86 heavy (non-hydrogen) atoms. The molecule has 0 radical (unpaired) electrons. The molecule has 0 bridgehead atoms. The smallest absolute Gasteiger partial charge is 0.148 e. The van der Waals surface area contributed by atoms with E-state index in [2.05, 4.69) is 98.2 Å². The first-order valence-corrected chi connectivity index (χ1v) is 31.1. The van der Waals surface area contributed by atoms with Crippen molar-refractivity contribution in [2.24, 2.45) is 0 Å². The highest BCUT2D eigenvalue weighted by Crippen LogP contribution is 2.27. The number of imidazole rings is 4. The van der Waals surface area contributed by atoms with Gasteiger partial charge in [-0.3, -0.25) is 0 Å². The lowest BCUT2D eigenvalue weighted by Crippen LogP contribution is -2.12. The summed E-state index contributed by atoms with van der Waals surface area (Å²) in [4.78, 5) is 19.6. The van der Waals surface area contributed by atoms with Crippen molar-refractivity contribution in [1.82, 2.24) is 38.6 Å². The van der Waals surface area contributed by atoms with E-state index in [-0.39, 0.29) is 41.5 Å². The molecular formula is C62H58BrCl3F4I2N8O6. The molecule has 0 aliphatic carbocycles. The van der Waals surface area contributed by atoms with Gasteiger partial charge < -0.3 is 47.5 Å². The van der Waals surface area contributed by atoms with Crippen LogP contribution in [0, 0.1) is 30.4 Å². The molecule has 2 atom stereocenters. The number of benzene rings is 6. The Morgan fingerprint density at radius 1 is 0.558 bits per heavy atom. The highest BCUT2D eigenvalue weighted by molar-refractivity contribution is 14.1. The Kier molecular flexibility index (Phi) is 28.3. The molecule has 2 saturated heterocycles. The molecule has 2 aliphatic heterocycles. The van der Waals surface area contributed by atoms with Gasteiger partial charge in [-0.05, 0) is 215 Å². The van der Waals surface area contributed by atoms with Crippen LogP contribution in [-0.2, 0) is 47.0 Å². The molecule has 452 valence electrons. The van der Waals surface area contributed by atoms with Gasteiger partial charge in [0.25, 0.3) is 0 Å². The first kappa shape index (κ1) is 67.3. The third kappa shape index (κ3) is 23.5. The first-order valence-electron chi connectivity index (χ1n) is 26.6. The number of hydrogen-bond acceptors (Lipinski definition) is 10. The van der Waals surface area contributed by atoms with E-state index in [1.807, 2.05) is 56.6 Å². The molecule has 2 unspecified atom stereocenters. The van der Waals surface area contributed by atoms with Crippen molar-refractivity contribution in [1.29, 1.82) is 0 Å². The minimum Gasteiger partial charge on any atom is -0.508 e. The molecule has 0 spiro atoms. The van der Waals surface area contributed by atoms with Crippen LogP contribution >= 0.6 is 95.9 Å². The summed E-state index contributed by atoms with van der Waals surface area (Å²) in [5.74, 6) is 4.50. The monoisotopic (exact) mass is 1520 g/mol. The minimum absolute atomic E-state index is 0.0642. The van der Waals surface area contributed by atoms with Crippen LogP contribution in [0.5, 0.6) is 23.0 Å². The number of phenols is 1. The lowest BCUT2D eigenvalue weighted by molar-refractivity contribution is 0.0517. The number of aromatic nitrogens is 8. The van der Waals surface area contributed by atoms with Crippen LogP contribution in [0.3, 0.4) is 0 Å². The number of nitrogens with zero attached hydrogens (tertiary/aromatic N) is 7. The zero-order chi connectivity index (χ0) is 61.0. The number of aromatic amines is 1. The highest BCUT2D eigenvalue weighted by atomic mass is 127. The van der Waals surface area contributed by atoms with Crippen LogP contribution in [0.25, 0.3) is 0 Å². The van der Waals surface area contributed by atoms with Gasteiger partial charge in [0.15, 0.2) is 0 Å². The molecule has 10 aromatic rings. The number of aromatic hydroxyl groups is 1. The van der Waals surface area contributed by atoms with Gasteiger partial charge in [0.05, 0.1) is 5.88 Å². The third-order valence-electron chi connectivity index (χ3n) is 12.1. The number of rotatable bonds is 15. The van der Waals surface area contributed by atoms with Crippen LogP contribution in [0.2, 0.25) is 10.0 Å². The Morgan fingerprint density at radius 3 is 1.45 bits per heavy atom. The molecule has 0 saturated carbocycles. The van der Waals surface area contributed by atoms with Crippen molar-refractivity contribution >= 4 is 95.9 Å². The summed E-state index contributed by atoms with van der Waals surface area (Å²) in [6.45, 7) is 3.33. The Morgan fingerprint density at radius 2 is 1.00 bits per heavy atom. The predicted octanol–water partition coefficient (Wildman–Crippen LogP) is 17.2. The van der Waals surface area contributed by atoms with Gasteiger partial charge in [-0.2, -0.15) is 0 Å². The van der Waals surface area contributed by atoms with Crippen LogP contribution in [-0.4, -0.2) is 56.9 Å².